The van der Waals surface area contributed by atoms with E-state index in [1.54, 1.807) is 0 Å². The van der Waals surface area contributed by atoms with Crippen molar-refractivity contribution < 1.29 is 4.39 Å². The van der Waals surface area contributed by atoms with E-state index in [1.165, 1.54) is 5.57 Å². The molecule has 0 aliphatic heterocycles. The summed E-state index contributed by atoms with van der Waals surface area (Å²) in [6.07, 6.45) is 8.36. The summed E-state index contributed by atoms with van der Waals surface area (Å²) < 4.78 is 11.9. The molecule has 0 bridgehead atoms. The molecule has 0 N–H and O–H groups in total. The van der Waals surface area contributed by atoms with E-state index in [1.807, 2.05) is 19.1 Å². The first-order chi connectivity index (χ1) is 4.86. The molecule has 0 saturated carbocycles. The second kappa shape index (κ2) is 3.35. The van der Waals surface area contributed by atoms with Crippen LogP contribution in [0.15, 0.2) is 35.7 Å². The van der Waals surface area contributed by atoms with E-state index in [9.17, 15) is 4.39 Å². The van der Waals surface area contributed by atoms with Gasteiger partial charge in [-0.05, 0) is 30.9 Å². The smallest absolute Gasteiger partial charge is 0.0865 e. The fraction of sp³-hybridized carbons (Fsp3) is 0.333. The Morgan fingerprint density at radius 3 is 2.90 bits per heavy atom. The molecular formula is C9H11F. The van der Waals surface area contributed by atoms with Gasteiger partial charge in [0.2, 0.25) is 0 Å². The molecule has 0 nitrogen and oxygen atoms in total. The Morgan fingerprint density at radius 1 is 1.60 bits per heavy atom. The predicted molar refractivity (Wildman–Crippen MR) is 41.3 cm³/mol. The normalized spacial score (nSPS) is 22.6. The molecule has 0 aromatic heterocycles. The fourth-order valence-corrected chi connectivity index (χ4v) is 1.09. The van der Waals surface area contributed by atoms with Gasteiger partial charge >= 0.3 is 0 Å². The van der Waals surface area contributed by atoms with Crippen LogP contribution in [-0.4, -0.2) is 0 Å². The molecule has 0 atom stereocenters. The van der Waals surface area contributed by atoms with E-state index in [2.05, 4.69) is 6.08 Å². The van der Waals surface area contributed by atoms with Gasteiger partial charge in [0.25, 0.3) is 0 Å². The van der Waals surface area contributed by atoms with Gasteiger partial charge in [0, 0.05) is 0 Å². The lowest BCUT2D eigenvalue weighted by Gasteiger charge is -1.90. The molecule has 0 aromatic carbocycles. The lowest BCUT2D eigenvalue weighted by molar-refractivity contribution is 0.703. The molecule has 1 aliphatic rings. The molecule has 10 heavy (non-hydrogen) atoms. The number of allylic oxidation sites excluding steroid dienone is 5. The molecule has 1 heteroatoms. The average Bonchev–Trinajstić information content (AvgIpc) is 2.37. The van der Waals surface area contributed by atoms with E-state index < -0.39 is 0 Å². The molecule has 0 saturated heterocycles. The highest BCUT2D eigenvalue weighted by Gasteiger charge is 2.05. The summed E-state index contributed by atoms with van der Waals surface area (Å²) in [6.45, 7) is 1.97. The van der Waals surface area contributed by atoms with Gasteiger partial charge in [0.15, 0.2) is 0 Å². The van der Waals surface area contributed by atoms with Gasteiger partial charge in [-0.3, -0.25) is 0 Å². The summed E-state index contributed by atoms with van der Waals surface area (Å²) in [5.74, 6) is 0. The van der Waals surface area contributed by atoms with E-state index in [0.29, 0.717) is 6.33 Å². The summed E-state index contributed by atoms with van der Waals surface area (Å²) in [7, 11) is 0. The monoisotopic (exact) mass is 138 g/mol. The molecule has 1 aliphatic carbocycles. The summed E-state index contributed by atoms with van der Waals surface area (Å²) in [5, 5.41) is 0. The maximum atomic E-state index is 11.9. The summed E-state index contributed by atoms with van der Waals surface area (Å²) in [5.41, 5.74) is 2.11. The Kier molecular flexibility index (Phi) is 2.43. The highest BCUT2D eigenvalue weighted by atomic mass is 19.1. The fourth-order valence-electron chi connectivity index (χ4n) is 1.09. The van der Waals surface area contributed by atoms with Crippen molar-refractivity contribution in [3.63, 3.8) is 0 Å². The van der Waals surface area contributed by atoms with Crippen LogP contribution in [0.5, 0.6) is 0 Å². The van der Waals surface area contributed by atoms with Gasteiger partial charge in [-0.2, -0.15) is 0 Å². The van der Waals surface area contributed by atoms with Crippen molar-refractivity contribution in [1.29, 1.82) is 0 Å². The predicted octanol–water partition coefficient (Wildman–Crippen LogP) is 3.14. The van der Waals surface area contributed by atoms with Gasteiger partial charge in [-0.1, -0.05) is 18.2 Å². The minimum absolute atomic E-state index is 0.715. The Labute approximate surface area is 60.7 Å². The van der Waals surface area contributed by atoms with Crippen molar-refractivity contribution >= 4 is 0 Å². The minimum Gasteiger partial charge on any atom is -0.216 e. The second-order valence-electron chi connectivity index (χ2n) is 2.43. The van der Waals surface area contributed by atoms with Crippen LogP contribution in [0.25, 0.3) is 0 Å². The first kappa shape index (κ1) is 7.26. The second-order valence-corrected chi connectivity index (χ2v) is 2.43. The quantitative estimate of drug-likeness (QED) is 0.522. The molecular weight excluding hydrogens is 127 g/mol. The van der Waals surface area contributed by atoms with Crippen molar-refractivity contribution in [3.05, 3.63) is 35.7 Å². The number of hydrogen-bond donors (Lipinski definition) is 0. The lowest BCUT2D eigenvalue weighted by atomic mass is 10.2. The molecule has 0 spiro atoms. The van der Waals surface area contributed by atoms with E-state index in [0.717, 1.165) is 18.4 Å². The molecule has 0 unspecified atom stereocenters. The van der Waals surface area contributed by atoms with Gasteiger partial charge in [0.1, 0.15) is 0 Å². The summed E-state index contributed by atoms with van der Waals surface area (Å²) in [6, 6.07) is 0. The van der Waals surface area contributed by atoms with Crippen molar-refractivity contribution in [2.24, 2.45) is 0 Å². The topological polar surface area (TPSA) is 0 Å². The largest absolute Gasteiger partial charge is 0.216 e. The van der Waals surface area contributed by atoms with E-state index in [-0.39, 0.29) is 0 Å². The van der Waals surface area contributed by atoms with Crippen molar-refractivity contribution in [2.75, 3.05) is 0 Å². The van der Waals surface area contributed by atoms with Gasteiger partial charge < -0.3 is 0 Å². The highest BCUT2D eigenvalue weighted by Crippen LogP contribution is 2.24. The highest BCUT2D eigenvalue weighted by molar-refractivity contribution is 5.32. The third-order valence-electron chi connectivity index (χ3n) is 1.59. The van der Waals surface area contributed by atoms with Crippen LogP contribution >= 0.6 is 0 Å². The van der Waals surface area contributed by atoms with Crippen LogP contribution < -0.4 is 0 Å². The van der Waals surface area contributed by atoms with E-state index in [4.69, 9.17) is 0 Å². The SMILES string of the molecule is C/C=C\C1=CC/C(=C/F)C1. The summed E-state index contributed by atoms with van der Waals surface area (Å²) >= 11 is 0. The zero-order valence-electron chi connectivity index (χ0n) is 6.10. The zero-order valence-corrected chi connectivity index (χ0v) is 6.10. The molecule has 0 radical (unpaired) electrons. The zero-order chi connectivity index (χ0) is 7.40. The van der Waals surface area contributed by atoms with Gasteiger partial charge in [0.05, 0.1) is 6.33 Å². The third kappa shape index (κ3) is 1.56. The van der Waals surface area contributed by atoms with Crippen LogP contribution in [0.1, 0.15) is 19.8 Å². The third-order valence-corrected chi connectivity index (χ3v) is 1.59. The van der Waals surface area contributed by atoms with Gasteiger partial charge in [-0.25, -0.2) is 4.39 Å². The molecule has 0 heterocycles. The Morgan fingerprint density at radius 2 is 2.40 bits per heavy atom. The number of rotatable bonds is 1. The number of halogens is 1. The standard InChI is InChI=1S/C9H11F/c1-2-3-8-4-5-9(6-8)7-10/h2-4,7H,5-6H2,1H3/b3-2-,9-7-. The summed E-state index contributed by atoms with van der Waals surface area (Å²) in [4.78, 5) is 0. The van der Waals surface area contributed by atoms with Crippen LogP contribution in [0, 0.1) is 0 Å². The first-order valence-corrected chi connectivity index (χ1v) is 3.46. The lowest BCUT2D eigenvalue weighted by Crippen LogP contribution is -1.71. The molecule has 0 aromatic rings. The van der Waals surface area contributed by atoms with Crippen molar-refractivity contribution in [1.82, 2.24) is 0 Å². The van der Waals surface area contributed by atoms with Crippen molar-refractivity contribution in [2.45, 2.75) is 19.8 Å². The molecule has 54 valence electrons. The Hall–Kier alpha value is -0.850. The maximum absolute atomic E-state index is 11.9. The van der Waals surface area contributed by atoms with Crippen molar-refractivity contribution in [3.8, 4) is 0 Å². The molecule has 0 amide bonds. The van der Waals surface area contributed by atoms with Crippen LogP contribution in [0.3, 0.4) is 0 Å². The molecule has 1 rings (SSSR count). The average molecular weight is 138 g/mol. The van der Waals surface area contributed by atoms with E-state index >= 15 is 0 Å². The van der Waals surface area contributed by atoms with Crippen LogP contribution in [0.2, 0.25) is 0 Å². The molecule has 0 fully saturated rings. The minimum atomic E-state index is 0.715. The first-order valence-electron chi connectivity index (χ1n) is 3.46. The Bertz CT molecular complexity index is 197. The Balaban J connectivity index is 2.55. The maximum Gasteiger partial charge on any atom is 0.0865 e. The number of hydrogen-bond acceptors (Lipinski definition) is 0. The van der Waals surface area contributed by atoms with Crippen LogP contribution in [0.4, 0.5) is 4.39 Å². The van der Waals surface area contributed by atoms with Gasteiger partial charge in [-0.15, -0.1) is 0 Å². The van der Waals surface area contributed by atoms with Crippen LogP contribution in [-0.2, 0) is 0 Å².